The van der Waals surface area contributed by atoms with E-state index >= 15 is 0 Å². The molecule has 3 rings (SSSR count). The lowest BCUT2D eigenvalue weighted by atomic mass is 10.0. The Hall–Kier alpha value is -3.94. The van der Waals surface area contributed by atoms with Gasteiger partial charge in [-0.2, -0.15) is 0 Å². The Labute approximate surface area is 193 Å². The van der Waals surface area contributed by atoms with Crippen molar-refractivity contribution in [3.63, 3.8) is 0 Å². The molecule has 3 aromatic carbocycles. The van der Waals surface area contributed by atoms with Gasteiger partial charge in [-0.3, -0.25) is 20.2 Å². The maximum absolute atomic E-state index is 11.3. The number of para-hydroxylation sites is 2. The predicted octanol–water partition coefficient (Wildman–Crippen LogP) is 7.20. The molecule has 1 N–H and O–H groups in total. The number of nitro benzene ring substituents is 2. The predicted molar refractivity (Wildman–Crippen MR) is 130 cm³/mol. The first kappa shape index (κ1) is 25.3. The lowest BCUT2D eigenvalue weighted by Crippen LogP contribution is -2.19. The van der Waals surface area contributed by atoms with Gasteiger partial charge in [-0.15, -0.1) is 0 Å². The Bertz CT molecular complexity index is 1030. The summed E-state index contributed by atoms with van der Waals surface area (Å²) < 4.78 is 5.58. The van der Waals surface area contributed by atoms with E-state index in [1.54, 1.807) is 13.8 Å². The van der Waals surface area contributed by atoms with Gasteiger partial charge in [0.2, 0.25) is 0 Å². The van der Waals surface area contributed by atoms with Crippen LogP contribution in [-0.2, 0) is 0 Å². The molecule has 33 heavy (non-hydrogen) atoms. The van der Waals surface area contributed by atoms with Crippen molar-refractivity contribution in [2.45, 2.75) is 46.6 Å². The molecular weight excluding hydrogens is 422 g/mol. The van der Waals surface area contributed by atoms with Crippen molar-refractivity contribution in [1.82, 2.24) is 0 Å². The summed E-state index contributed by atoms with van der Waals surface area (Å²) in [4.78, 5) is 21.3. The molecule has 0 aliphatic rings. The van der Waals surface area contributed by atoms with Crippen LogP contribution in [0.25, 0.3) is 0 Å². The number of nitrogens with zero attached hydrogens (tertiary/aromatic N) is 2. The van der Waals surface area contributed by atoms with Crippen LogP contribution in [0.4, 0.5) is 17.1 Å². The summed E-state index contributed by atoms with van der Waals surface area (Å²) in [7, 11) is 0. The Balaban J connectivity index is 0.000000254. The smallest absolute Gasteiger partial charge is 0.302 e. The Kier molecular flexibility index (Phi) is 9.35. The lowest BCUT2D eigenvalue weighted by molar-refractivity contribution is -0.392. The van der Waals surface area contributed by atoms with Crippen LogP contribution in [-0.4, -0.2) is 15.9 Å². The molecule has 0 saturated heterocycles. The molecule has 0 amide bonds. The van der Waals surface area contributed by atoms with Crippen molar-refractivity contribution in [1.29, 1.82) is 0 Å². The number of benzene rings is 3. The minimum atomic E-state index is -0.579. The van der Waals surface area contributed by atoms with Gasteiger partial charge in [0, 0.05) is 17.7 Å². The minimum Gasteiger partial charge on any atom is -0.457 e. The highest BCUT2D eigenvalue weighted by Gasteiger charge is 2.30. The Morgan fingerprint density at radius 2 is 1.33 bits per heavy atom. The molecule has 0 aliphatic carbocycles. The molecule has 0 fully saturated rings. The van der Waals surface area contributed by atoms with Gasteiger partial charge >= 0.3 is 5.69 Å². The average Bonchev–Trinajstić information content (AvgIpc) is 2.80. The van der Waals surface area contributed by atoms with Gasteiger partial charge in [0.1, 0.15) is 11.5 Å². The lowest BCUT2D eigenvalue weighted by Gasteiger charge is -2.17. The molecule has 3 aromatic rings. The quantitative estimate of drug-likeness (QED) is 0.287. The number of nitro groups is 2. The normalized spacial score (nSPS) is 10.2. The van der Waals surface area contributed by atoms with Crippen LogP contribution < -0.4 is 10.1 Å². The van der Waals surface area contributed by atoms with Gasteiger partial charge in [0.05, 0.1) is 9.85 Å². The summed E-state index contributed by atoms with van der Waals surface area (Å²) in [6, 6.07) is 20.9. The van der Waals surface area contributed by atoms with Crippen molar-refractivity contribution < 1.29 is 14.6 Å². The Morgan fingerprint density at radius 3 is 1.73 bits per heavy atom. The maximum atomic E-state index is 11.3. The molecule has 0 aromatic heterocycles. The summed E-state index contributed by atoms with van der Waals surface area (Å²) in [6.07, 6.45) is 1.47. The second kappa shape index (κ2) is 12.2. The highest BCUT2D eigenvalue weighted by Crippen LogP contribution is 2.39. The fourth-order valence-corrected chi connectivity index (χ4v) is 3.21. The van der Waals surface area contributed by atoms with E-state index in [1.807, 2.05) is 74.5 Å². The molecule has 0 unspecified atom stereocenters. The first-order valence-electron chi connectivity index (χ1n) is 10.8. The standard InChI is InChI=1S/C13H19N3O4.C12H10O/c1-5-10(6-2)14-12-11(15(17)18)7-8(3)9(4)13(12)16(19)20;1-3-7-11(8-4-1)13-12-9-5-2-6-10-12/h7,10,14H,5-6H2,1-4H3;1-10H. The van der Waals surface area contributed by atoms with Gasteiger partial charge in [-0.05, 0) is 56.5 Å². The molecule has 0 saturated carbocycles. The third-order valence-electron chi connectivity index (χ3n) is 5.23. The van der Waals surface area contributed by atoms with Crippen molar-refractivity contribution in [3.8, 4) is 11.5 Å². The van der Waals surface area contributed by atoms with E-state index in [0.717, 1.165) is 24.3 Å². The Morgan fingerprint density at radius 1 is 0.848 bits per heavy atom. The van der Waals surface area contributed by atoms with Crippen molar-refractivity contribution in [3.05, 3.63) is 98.1 Å². The number of anilines is 1. The monoisotopic (exact) mass is 451 g/mol. The number of ether oxygens (including phenoxy) is 1. The molecule has 0 atom stereocenters. The van der Waals surface area contributed by atoms with E-state index in [9.17, 15) is 20.2 Å². The van der Waals surface area contributed by atoms with Gasteiger partial charge in [-0.25, -0.2) is 0 Å². The van der Waals surface area contributed by atoms with Crippen molar-refractivity contribution in [2.75, 3.05) is 5.32 Å². The van der Waals surface area contributed by atoms with Crippen molar-refractivity contribution >= 4 is 17.1 Å². The third-order valence-corrected chi connectivity index (χ3v) is 5.23. The van der Waals surface area contributed by atoms with Crippen LogP contribution in [0.1, 0.15) is 37.8 Å². The fourth-order valence-electron chi connectivity index (χ4n) is 3.21. The molecule has 0 heterocycles. The first-order valence-corrected chi connectivity index (χ1v) is 10.8. The molecule has 8 heteroatoms. The highest BCUT2D eigenvalue weighted by atomic mass is 16.6. The van der Waals surface area contributed by atoms with Crippen LogP contribution in [0.5, 0.6) is 11.5 Å². The van der Waals surface area contributed by atoms with Crippen LogP contribution >= 0.6 is 0 Å². The van der Waals surface area contributed by atoms with E-state index in [0.29, 0.717) is 11.1 Å². The van der Waals surface area contributed by atoms with Crippen molar-refractivity contribution in [2.24, 2.45) is 0 Å². The first-order chi connectivity index (χ1) is 15.8. The zero-order chi connectivity index (χ0) is 24.4. The minimum absolute atomic E-state index is 0.0109. The fraction of sp³-hybridized carbons (Fsp3) is 0.280. The molecule has 0 bridgehead atoms. The number of hydrogen-bond donors (Lipinski definition) is 1. The third kappa shape index (κ3) is 7.03. The molecule has 0 spiro atoms. The van der Waals surface area contributed by atoms with Gasteiger partial charge in [-0.1, -0.05) is 50.2 Å². The summed E-state index contributed by atoms with van der Waals surface area (Å²) >= 11 is 0. The van der Waals surface area contributed by atoms with Crippen LogP contribution in [0.2, 0.25) is 0 Å². The van der Waals surface area contributed by atoms with E-state index in [-0.39, 0.29) is 23.1 Å². The van der Waals surface area contributed by atoms with E-state index < -0.39 is 9.85 Å². The number of nitrogens with one attached hydrogen (secondary N) is 1. The molecule has 0 aliphatic heterocycles. The average molecular weight is 452 g/mol. The summed E-state index contributed by atoms with van der Waals surface area (Å²) in [5.74, 6) is 1.74. The SMILES string of the molecule is CCC(CC)Nc1c([N+](=O)[O-])cc(C)c(C)c1[N+](=O)[O-].c1ccc(Oc2ccccc2)cc1. The number of rotatable bonds is 8. The zero-order valence-electron chi connectivity index (χ0n) is 19.3. The van der Waals surface area contributed by atoms with E-state index in [1.165, 1.54) is 6.07 Å². The summed E-state index contributed by atoms with van der Waals surface area (Å²) in [5.41, 5.74) is 0.555. The topological polar surface area (TPSA) is 108 Å². The molecule has 0 radical (unpaired) electrons. The van der Waals surface area contributed by atoms with Gasteiger partial charge < -0.3 is 10.1 Å². The van der Waals surface area contributed by atoms with Gasteiger partial charge in [0.25, 0.3) is 5.69 Å². The molecule has 8 nitrogen and oxygen atoms in total. The van der Waals surface area contributed by atoms with Crippen LogP contribution in [0.3, 0.4) is 0 Å². The highest BCUT2D eigenvalue weighted by molar-refractivity contribution is 5.78. The van der Waals surface area contributed by atoms with Crippen LogP contribution in [0, 0.1) is 34.1 Å². The summed E-state index contributed by atoms with van der Waals surface area (Å²) in [5, 5.41) is 25.4. The largest absolute Gasteiger partial charge is 0.457 e. The molecular formula is C25H29N3O5. The van der Waals surface area contributed by atoms with E-state index in [2.05, 4.69) is 5.32 Å². The number of hydrogen-bond acceptors (Lipinski definition) is 6. The number of aryl methyl sites for hydroxylation is 1. The van der Waals surface area contributed by atoms with Gasteiger partial charge in [0.15, 0.2) is 5.69 Å². The zero-order valence-corrected chi connectivity index (χ0v) is 19.3. The molecule has 174 valence electrons. The van der Waals surface area contributed by atoms with E-state index in [4.69, 9.17) is 4.74 Å². The second-order valence-electron chi connectivity index (χ2n) is 7.46. The maximum Gasteiger partial charge on any atom is 0.302 e. The van der Waals surface area contributed by atoms with Crippen LogP contribution in [0.15, 0.2) is 66.7 Å². The second-order valence-corrected chi connectivity index (χ2v) is 7.46. The summed E-state index contributed by atoms with van der Waals surface area (Å²) in [6.45, 7) is 7.10.